The van der Waals surface area contributed by atoms with Crippen molar-refractivity contribution >= 4 is 22.9 Å². The van der Waals surface area contributed by atoms with Crippen LogP contribution in [0.25, 0.3) is 11.2 Å². The molecule has 2 aromatic heterocycles. The number of pyridine rings is 1. The molecule has 2 aromatic rings. The Kier molecular flexibility index (Phi) is 3.86. The Morgan fingerprint density at radius 1 is 1.33 bits per heavy atom. The molecule has 4 rings (SSSR count). The van der Waals surface area contributed by atoms with Crippen LogP contribution in [0.2, 0.25) is 0 Å². The molecule has 4 heterocycles. The molecule has 0 amide bonds. The van der Waals surface area contributed by atoms with Crippen molar-refractivity contribution in [2.75, 3.05) is 18.1 Å². The number of aromatic nitrogens is 3. The number of ether oxygens (including phenoxy) is 1. The van der Waals surface area contributed by atoms with E-state index in [9.17, 15) is 0 Å². The molecule has 2 aliphatic rings. The lowest BCUT2D eigenvalue weighted by Crippen LogP contribution is -2.24. The van der Waals surface area contributed by atoms with Gasteiger partial charge in [-0.15, -0.1) is 0 Å². The molecule has 2 unspecified atom stereocenters. The molecule has 2 atom stereocenters. The fraction of sp³-hybridized carbons (Fsp3) is 0.625. The average Bonchev–Trinajstić information content (AvgIpc) is 3.14. The number of rotatable bonds is 3. The lowest BCUT2D eigenvalue weighted by molar-refractivity contribution is 0.0151. The highest BCUT2D eigenvalue weighted by atomic mass is 32.2. The van der Waals surface area contributed by atoms with Gasteiger partial charge in [0.15, 0.2) is 5.65 Å². The van der Waals surface area contributed by atoms with Crippen LogP contribution in [-0.2, 0) is 11.2 Å². The second-order valence-electron chi connectivity index (χ2n) is 5.95. The van der Waals surface area contributed by atoms with Gasteiger partial charge in [-0.3, -0.25) is 0 Å². The molecule has 0 spiro atoms. The smallest absolute Gasteiger partial charge is 0.160 e. The highest BCUT2D eigenvalue weighted by Gasteiger charge is 2.25. The van der Waals surface area contributed by atoms with Crippen LogP contribution < -0.4 is 0 Å². The SMILES string of the molecule is c1cnc2c(c1)nc(CC1CCCCO1)n2C1CCSC1. The van der Waals surface area contributed by atoms with E-state index in [2.05, 4.69) is 15.6 Å². The van der Waals surface area contributed by atoms with Crippen molar-refractivity contribution < 1.29 is 4.74 Å². The minimum Gasteiger partial charge on any atom is -0.378 e. The van der Waals surface area contributed by atoms with E-state index in [0.29, 0.717) is 12.1 Å². The summed E-state index contributed by atoms with van der Waals surface area (Å²) in [6, 6.07) is 4.60. The van der Waals surface area contributed by atoms with Gasteiger partial charge in [-0.1, -0.05) is 0 Å². The van der Waals surface area contributed by atoms with Gasteiger partial charge in [0.05, 0.1) is 6.10 Å². The summed E-state index contributed by atoms with van der Waals surface area (Å²) in [5.74, 6) is 3.60. The first-order valence-corrected chi connectivity index (χ1v) is 9.08. The molecule has 112 valence electrons. The predicted molar refractivity (Wildman–Crippen MR) is 85.8 cm³/mol. The first-order chi connectivity index (χ1) is 10.4. The van der Waals surface area contributed by atoms with Crippen molar-refractivity contribution in [3.8, 4) is 0 Å². The third-order valence-electron chi connectivity index (χ3n) is 4.48. The molecule has 4 nitrogen and oxygen atoms in total. The normalized spacial score (nSPS) is 26.5. The van der Waals surface area contributed by atoms with Gasteiger partial charge in [0.25, 0.3) is 0 Å². The molecule has 0 aliphatic carbocycles. The molecule has 2 aliphatic heterocycles. The summed E-state index contributed by atoms with van der Waals surface area (Å²) in [4.78, 5) is 9.45. The van der Waals surface area contributed by atoms with Crippen LogP contribution in [0.15, 0.2) is 18.3 Å². The summed E-state index contributed by atoms with van der Waals surface area (Å²) in [5, 5.41) is 0. The molecule has 0 aromatic carbocycles. The van der Waals surface area contributed by atoms with E-state index in [0.717, 1.165) is 30.6 Å². The lowest BCUT2D eigenvalue weighted by Gasteiger charge is -2.23. The highest BCUT2D eigenvalue weighted by Crippen LogP contribution is 2.32. The van der Waals surface area contributed by atoms with Crippen LogP contribution in [0, 0.1) is 0 Å². The molecular weight excluding hydrogens is 282 g/mol. The fourth-order valence-corrected chi connectivity index (χ4v) is 4.60. The second kappa shape index (κ2) is 5.97. The predicted octanol–water partition coefficient (Wildman–Crippen LogP) is 3.22. The Balaban J connectivity index is 1.70. The standard InChI is InChI=1S/C16H21N3OS/c1-2-8-20-13(4-1)10-15-18-14-5-3-7-17-16(14)19(15)12-6-9-21-11-12/h3,5,7,12-13H,1-2,4,6,8-11H2. The number of thioether (sulfide) groups is 1. The maximum atomic E-state index is 5.92. The topological polar surface area (TPSA) is 39.9 Å². The Hall–Kier alpha value is -1.07. The zero-order valence-electron chi connectivity index (χ0n) is 12.2. The molecule has 2 fully saturated rings. The van der Waals surface area contributed by atoms with E-state index >= 15 is 0 Å². The van der Waals surface area contributed by atoms with Gasteiger partial charge in [-0.2, -0.15) is 11.8 Å². The minimum atomic E-state index is 0.336. The maximum Gasteiger partial charge on any atom is 0.160 e. The Labute approximate surface area is 129 Å². The molecule has 0 bridgehead atoms. The summed E-state index contributed by atoms with van der Waals surface area (Å²) < 4.78 is 8.31. The first kappa shape index (κ1) is 13.6. The van der Waals surface area contributed by atoms with E-state index < -0.39 is 0 Å². The zero-order chi connectivity index (χ0) is 14.1. The fourth-order valence-electron chi connectivity index (χ4n) is 3.40. The Morgan fingerprint density at radius 2 is 2.33 bits per heavy atom. The summed E-state index contributed by atoms with van der Waals surface area (Å²) in [7, 11) is 0. The van der Waals surface area contributed by atoms with Gasteiger partial charge in [-0.25, -0.2) is 9.97 Å². The van der Waals surface area contributed by atoms with Crippen molar-refractivity contribution in [1.82, 2.24) is 14.5 Å². The van der Waals surface area contributed by atoms with E-state index in [1.54, 1.807) is 0 Å². The summed E-state index contributed by atoms with van der Waals surface area (Å²) in [5.41, 5.74) is 2.08. The molecular formula is C16H21N3OS. The van der Waals surface area contributed by atoms with Crippen molar-refractivity contribution in [3.05, 3.63) is 24.2 Å². The lowest BCUT2D eigenvalue weighted by atomic mass is 10.1. The van der Waals surface area contributed by atoms with Gasteiger partial charge in [0.1, 0.15) is 11.3 Å². The molecule has 0 N–H and O–H groups in total. The van der Waals surface area contributed by atoms with Crippen molar-refractivity contribution in [2.45, 2.75) is 44.2 Å². The van der Waals surface area contributed by atoms with Crippen molar-refractivity contribution in [2.24, 2.45) is 0 Å². The van der Waals surface area contributed by atoms with Gasteiger partial charge in [0.2, 0.25) is 0 Å². The van der Waals surface area contributed by atoms with Crippen LogP contribution in [-0.4, -0.2) is 38.8 Å². The highest BCUT2D eigenvalue weighted by molar-refractivity contribution is 7.99. The van der Waals surface area contributed by atoms with E-state index in [1.165, 1.54) is 36.6 Å². The second-order valence-corrected chi connectivity index (χ2v) is 7.10. The molecule has 0 saturated carbocycles. The minimum absolute atomic E-state index is 0.336. The third-order valence-corrected chi connectivity index (χ3v) is 5.62. The van der Waals surface area contributed by atoms with E-state index in [-0.39, 0.29) is 0 Å². The number of hydrogen-bond donors (Lipinski definition) is 0. The Bertz CT molecular complexity index is 615. The maximum absolute atomic E-state index is 5.92. The Morgan fingerprint density at radius 3 is 3.14 bits per heavy atom. The van der Waals surface area contributed by atoms with Gasteiger partial charge < -0.3 is 9.30 Å². The number of fused-ring (bicyclic) bond motifs is 1. The van der Waals surface area contributed by atoms with Crippen LogP contribution in [0.5, 0.6) is 0 Å². The molecule has 0 radical (unpaired) electrons. The number of hydrogen-bond acceptors (Lipinski definition) is 4. The van der Waals surface area contributed by atoms with Crippen LogP contribution in [0.4, 0.5) is 0 Å². The monoisotopic (exact) mass is 303 g/mol. The third kappa shape index (κ3) is 2.69. The zero-order valence-corrected chi connectivity index (χ0v) is 13.0. The van der Waals surface area contributed by atoms with Gasteiger partial charge in [0, 0.05) is 31.0 Å². The van der Waals surface area contributed by atoms with Gasteiger partial charge >= 0.3 is 0 Å². The van der Waals surface area contributed by atoms with Crippen molar-refractivity contribution in [1.29, 1.82) is 0 Å². The summed E-state index contributed by atoms with van der Waals surface area (Å²) in [6.07, 6.45) is 8.02. The molecule has 2 saturated heterocycles. The average molecular weight is 303 g/mol. The molecule has 21 heavy (non-hydrogen) atoms. The largest absolute Gasteiger partial charge is 0.378 e. The van der Waals surface area contributed by atoms with E-state index in [1.807, 2.05) is 24.0 Å². The number of nitrogens with zero attached hydrogens (tertiary/aromatic N) is 3. The van der Waals surface area contributed by atoms with Gasteiger partial charge in [-0.05, 0) is 43.6 Å². The van der Waals surface area contributed by atoms with Crippen LogP contribution in [0.3, 0.4) is 0 Å². The summed E-state index contributed by atoms with van der Waals surface area (Å²) >= 11 is 2.04. The van der Waals surface area contributed by atoms with Crippen molar-refractivity contribution in [3.63, 3.8) is 0 Å². The van der Waals surface area contributed by atoms with Crippen LogP contribution >= 0.6 is 11.8 Å². The number of imidazole rings is 1. The quantitative estimate of drug-likeness (QED) is 0.873. The first-order valence-electron chi connectivity index (χ1n) is 7.93. The summed E-state index contributed by atoms with van der Waals surface area (Å²) in [6.45, 7) is 0.905. The van der Waals surface area contributed by atoms with Crippen LogP contribution in [0.1, 0.15) is 37.5 Å². The van der Waals surface area contributed by atoms with E-state index in [4.69, 9.17) is 9.72 Å². The molecule has 5 heteroatoms.